The van der Waals surface area contributed by atoms with Gasteiger partial charge < -0.3 is 15.0 Å². The summed E-state index contributed by atoms with van der Waals surface area (Å²) in [7, 11) is 0. The van der Waals surface area contributed by atoms with Gasteiger partial charge in [-0.2, -0.15) is 0 Å². The van der Waals surface area contributed by atoms with Crippen LogP contribution in [0.5, 0.6) is 5.75 Å². The average Bonchev–Trinajstić information content (AvgIpc) is 2.80. The smallest absolute Gasteiger partial charge is 0.222 e. The lowest BCUT2D eigenvalue weighted by Gasteiger charge is -2.38. The van der Waals surface area contributed by atoms with E-state index in [0.29, 0.717) is 19.6 Å². The van der Waals surface area contributed by atoms with E-state index in [1.54, 1.807) is 0 Å². The van der Waals surface area contributed by atoms with Gasteiger partial charge in [-0.25, -0.2) is 0 Å². The van der Waals surface area contributed by atoms with Crippen molar-refractivity contribution < 1.29 is 9.53 Å². The lowest BCUT2D eigenvalue weighted by molar-refractivity contribution is -0.121. The Kier molecular flexibility index (Phi) is 6.65. The fraction of sp³-hybridized carbons (Fsp3) is 0.269. The third-order valence-electron chi connectivity index (χ3n) is 5.47. The summed E-state index contributed by atoms with van der Waals surface area (Å²) in [5.41, 5.74) is 3.58. The first-order valence-electron chi connectivity index (χ1n) is 10.6. The molecular formula is C26H28N2O2. The highest BCUT2D eigenvalue weighted by Crippen LogP contribution is 2.35. The molecule has 0 bridgehead atoms. The van der Waals surface area contributed by atoms with Crippen molar-refractivity contribution in [3.8, 4) is 5.75 Å². The molecule has 3 aromatic carbocycles. The Bertz CT molecular complexity index is 944. The largest absolute Gasteiger partial charge is 0.489 e. The van der Waals surface area contributed by atoms with Crippen LogP contribution in [0.1, 0.15) is 24.0 Å². The maximum Gasteiger partial charge on any atom is 0.222 e. The monoisotopic (exact) mass is 400 g/mol. The number of carbonyl (C=O) groups is 1. The molecule has 0 fully saturated rings. The van der Waals surface area contributed by atoms with Gasteiger partial charge in [-0.1, -0.05) is 72.8 Å². The molecule has 0 saturated heterocycles. The maximum absolute atomic E-state index is 12.6. The van der Waals surface area contributed by atoms with Crippen LogP contribution < -0.4 is 15.0 Å². The number of hydrogen-bond donors (Lipinski definition) is 1. The topological polar surface area (TPSA) is 41.6 Å². The fourth-order valence-electron chi connectivity index (χ4n) is 3.90. The van der Waals surface area contributed by atoms with Crippen molar-refractivity contribution >= 4 is 11.6 Å². The van der Waals surface area contributed by atoms with Gasteiger partial charge in [-0.3, -0.25) is 4.79 Å². The van der Waals surface area contributed by atoms with Gasteiger partial charge in [0.15, 0.2) is 0 Å². The van der Waals surface area contributed by atoms with Crippen LogP contribution in [0.25, 0.3) is 0 Å². The molecule has 1 N–H and O–H groups in total. The number of hydrogen-bond acceptors (Lipinski definition) is 3. The molecule has 1 aliphatic rings. The molecule has 1 atom stereocenters. The summed E-state index contributed by atoms with van der Waals surface area (Å²) >= 11 is 0. The Hall–Kier alpha value is -3.27. The molecule has 4 heteroatoms. The molecule has 0 unspecified atom stereocenters. The molecule has 0 aliphatic carbocycles. The van der Waals surface area contributed by atoms with E-state index in [4.69, 9.17) is 4.74 Å². The van der Waals surface area contributed by atoms with Gasteiger partial charge in [0.2, 0.25) is 5.91 Å². The van der Waals surface area contributed by atoms with Gasteiger partial charge in [0.25, 0.3) is 0 Å². The fourth-order valence-corrected chi connectivity index (χ4v) is 3.90. The summed E-state index contributed by atoms with van der Waals surface area (Å²) in [6.45, 7) is 1.96. The van der Waals surface area contributed by atoms with Gasteiger partial charge in [-0.05, 0) is 36.1 Å². The molecule has 0 aromatic heterocycles. The third-order valence-corrected chi connectivity index (χ3v) is 5.47. The molecule has 4 nitrogen and oxygen atoms in total. The number of rotatable bonds is 8. The second kappa shape index (κ2) is 9.97. The van der Waals surface area contributed by atoms with E-state index in [9.17, 15) is 4.79 Å². The zero-order chi connectivity index (χ0) is 20.6. The Morgan fingerprint density at radius 1 is 0.900 bits per heavy atom. The molecular weight excluding hydrogens is 372 g/mol. The van der Waals surface area contributed by atoms with Crippen molar-refractivity contribution in [2.75, 3.05) is 18.1 Å². The highest BCUT2D eigenvalue weighted by Gasteiger charge is 2.29. The van der Waals surface area contributed by atoms with Crippen LogP contribution in [0.2, 0.25) is 0 Å². The third kappa shape index (κ3) is 5.20. The molecule has 0 saturated carbocycles. The lowest BCUT2D eigenvalue weighted by atomic mass is 10.1. The van der Waals surface area contributed by atoms with Crippen LogP contribution in [0.4, 0.5) is 5.69 Å². The highest BCUT2D eigenvalue weighted by molar-refractivity contribution is 5.77. The van der Waals surface area contributed by atoms with Crippen molar-refractivity contribution in [3.05, 3.63) is 96.1 Å². The van der Waals surface area contributed by atoms with E-state index in [1.807, 2.05) is 30.3 Å². The second-order valence-corrected chi connectivity index (χ2v) is 7.69. The van der Waals surface area contributed by atoms with E-state index in [-0.39, 0.29) is 11.9 Å². The van der Waals surface area contributed by atoms with Gasteiger partial charge in [0.05, 0.1) is 18.2 Å². The summed E-state index contributed by atoms with van der Waals surface area (Å²) in [6.07, 6.45) is 2.33. The number of amides is 1. The van der Waals surface area contributed by atoms with E-state index >= 15 is 0 Å². The number of para-hydroxylation sites is 2. The highest BCUT2D eigenvalue weighted by atomic mass is 16.5. The zero-order valence-electron chi connectivity index (χ0n) is 17.2. The number of anilines is 1. The van der Waals surface area contributed by atoms with E-state index in [0.717, 1.165) is 30.8 Å². The summed E-state index contributed by atoms with van der Waals surface area (Å²) in [6, 6.07) is 28.8. The van der Waals surface area contributed by atoms with Crippen molar-refractivity contribution in [1.82, 2.24) is 5.32 Å². The number of nitrogens with zero attached hydrogens (tertiary/aromatic N) is 1. The quantitative estimate of drug-likeness (QED) is 0.562. The number of aryl methyl sites for hydroxylation is 1. The van der Waals surface area contributed by atoms with Crippen molar-refractivity contribution in [1.29, 1.82) is 0 Å². The van der Waals surface area contributed by atoms with Crippen molar-refractivity contribution in [3.63, 3.8) is 0 Å². The van der Waals surface area contributed by atoms with Crippen LogP contribution in [-0.2, 0) is 17.8 Å². The van der Waals surface area contributed by atoms with E-state index < -0.39 is 0 Å². The van der Waals surface area contributed by atoms with Gasteiger partial charge in [-0.15, -0.1) is 0 Å². The van der Waals surface area contributed by atoms with E-state index in [1.165, 1.54) is 11.1 Å². The summed E-state index contributed by atoms with van der Waals surface area (Å²) in [5.74, 6) is 0.960. The standard InChI is InChI=1S/C26H28N2O2/c29-26(27-17-9-14-21-10-3-1-4-11-21)18-23-20-30-25-16-8-7-15-24(25)28(23)19-22-12-5-2-6-13-22/h1-8,10-13,15-16,23H,9,14,17-20H2,(H,27,29)/t23-/m0/s1. The molecule has 3 aromatic rings. The summed E-state index contributed by atoms with van der Waals surface area (Å²) in [4.78, 5) is 14.9. The summed E-state index contributed by atoms with van der Waals surface area (Å²) in [5, 5.41) is 3.09. The number of ether oxygens (including phenoxy) is 1. The first-order chi connectivity index (χ1) is 14.8. The number of benzene rings is 3. The Morgan fingerprint density at radius 3 is 2.33 bits per heavy atom. The Labute approximate surface area is 178 Å². The number of fused-ring (bicyclic) bond motifs is 1. The van der Waals surface area contributed by atoms with Crippen LogP contribution >= 0.6 is 0 Å². The SMILES string of the molecule is O=C(C[C@H]1COc2ccccc2N1Cc1ccccc1)NCCCc1ccccc1. The number of carbonyl (C=O) groups excluding carboxylic acids is 1. The van der Waals surface area contributed by atoms with Gasteiger partial charge >= 0.3 is 0 Å². The minimum Gasteiger partial charge on any atom is -0.489 e. The lowest BCUT2D eigenvalue weighted by Crippen LogP contribution is -2.45. The minimum atomic E-state index is 0.00855. The van der Waals surface area contributed by atoms with Crippen LogP contribution in [0, 0.1) is 0 Å². The van der Waals surface area contributed by atoms with Crippen molar-refractivity contribution in [2.45, 2.75) is 31.8 Å². The molecule has 0 radical (unpaired) electrons. The molecule has 1 amide bonds. The molecule has 4 rings (SSSR count). The minimum absolute atomic E-state index is 0.00855. The molecule has 30 heavy (non-hydrogen) atoms. The number of nitrogens with one attached hydrogen (secondary N) is 1. The van der Waals surface area contributed by atoms with Gasteiger partial charge in [0, 0.05) is 13.1 Å². The normalized spacial score (nSPS) is 15.2. The molecule has 1 heterocycles. The Morgan fingerprint density at radius 2 is 1.57 bits per heavy atom. The first-order valence-corrected chi connectivity index (χ1v) is 10.6. The Balaban J connectivity index is 1.36. The zero-order valence-corrected chi connectivity index (χ0v) is 17.2. The first kappa shape index (κ1) is 20.0. The van der Waals surface area contributed by atoms with Crippen molar-refractivity contribution in [2.24, 2.45) is 0 Å². The van der Waals surface area contributed by atoms with Crippen LogP contribution in [0.3, 0.4) is 0 Å². The van der Waals surface area contributed by atoms with E-state index in [2.05, 4.69) is 64.8 Å². The average molecular weight is 401 g/mol. The molecule has 0 spiro atoms. The van der Waals surface area contributed by atoms with Crippen LogP contribution in [-0.4, -0.2) is 25.1 Å². The predicted octanol–water partition coefficient (Wildman–Crippen LogP) is 4.59. The molecule has 154 valence electrons. The second-order valence-electron chi connectivity index (χ2n) is 7.69. The molecule has 1 aliphatic heterocycles. The maximum atomic E-state index is 12.6. The van der Waals surface area contributed by atoms with Gasteiger partial charge in [0.1, 0.15) is 12.4 Å². The van der Waals surface area contributed by atoms with Crippen LogP contribution in [0.15, 0.2) is 84.9 Å². The summed E-state index contributed by atoms with van der Waals surface area (Å²) < 4.78 is 5.97. The predicted molar refractivity (Wildman–Crippen MR) is 121 cm³/mol.